The van der Waals surface area contributed by atoms with E-state index in [0.717, 1.165) is 77.2 Å². The van der Waals surface area contributed by atoms with Crippen molar-refractivity contribution in [1.29, 1.82) is 0 Å². The lowest BCUT2D eigenvalue weighted by Gasteiger charge is -2.52. The molecule has 1 aromatic rings. The molecule has 1 aliphatic carbocycles. The van der Waals surface area contributed by atoms with Crippen molar-refractivity contribution < 1.29 is 18.7 Å². The molecule has 2 aliphatic heterocycles. The number of likely N-dealkylation sites (tertiary alicyclic amines) is 1. The Labute approximate surface area is 173 Å². The average Bonchev–Trinajstić information content (AvgIpc) is 2.75. The molecule has 1 aromatic carbocycles. The summed E-state index contributed by atoms with van der Waals surface area (Å²) >= 11 is 0. The first kappa shape index (κ1) is 20.8. The zero-order valence-corrected chi connectivity index (χ0v) is 17.4. The standard InChI is InChI=1S/C23H33FN2O3/c1-2-29-22(27)23-9-7-21(26-11-13-28-14-12-26)15-19(23)8-10-25(17-23)16-18-3-5-20(24)6-4-18/h3-6,19,21H,2,7-17H2,1H3/t19-,21-,23-/m1/s1. The Bertz CT molecular complexity index is 692. The fourth-order valence-corrected chi connectivity index (χ4v) is 5.58. The molecule has 0 N–H and O–H groups in total. The molecule has 0 spiro atoms. The van der Waals surface area contributed by atoms with Crippen LogP contribution in [0.15, 0.2) is 24.3 Å². The largest absolute Gasteiger partial charge is 0.466 e. The molecule has 0 bridgehead atoms. The highest BCUT2D eigenvalue weighted by molar-refractivity contribution is 5.78. The maximum atomic E-state index is 13.2. The number of benzene rings is 1. The molecule has 160 valence electrons. The van der Waals surface area contributed by atoms with E-state index < -0.39 is 5.41 Å². The van der Waals surface area contributed by atoms with Crippen molar-refractivity contribution in [3.8, 4) is 0 Å². The SMILES string of the molecule is CCOC(=O)[C@@]12CC[C@@H](N3CCOCC3)C[C@H]1CCN(Cc1ccc(F)cc1)C2. The summed E-state index contributed by atoms with van der Waals surface area (Å²) in [5.41, 5.74) is 0.683. The number of rotatable bonds is 5. The highest BCUT2D eigenvalue weighted by atomic mass is 19.1. The van der Waals surface area contributed by atoms with Crippen LogP contribution in [0.1, 0.15) is 38.2 Å². The number of fused-ring (bicyclic) bond motifs is 1. The highest BCUT2D eigenvalue weighted by Gasteiger charge is 2.53. The molecule has 5 nitrogen and oxygen atoms in total. The van der Waals surface area contributed by atoms with Crippen LogP contribution in [0.5, 0.6) is 0 Å². The van der Waals surface area contributed by atoms with E-state index in [-0.39, 0.29) is 11.8 Å². The number of hydrogen-bond acceptors (Lipinski definition) is 5. The summed E-state index contributed by atoms with van der Waals surface area (Å²) < 4.78 is 24.3. The van der Waals surface area contributed by atoms with Crippen molar-refractivity contribution in [2.75, 3.05) is 46.0 Å². The van der Waals surface area contributed by atoms with Crippen LogP contribution in [-0.2, 0) is 20.8 Å². The third-order valence-corrected chi connectivity index (χ3v) is 7.12. The molecular formula is C23H33FN2O3. The second-order valence-electron chi connectivity index (χ2n) is 8.78. The third kappa shape index (κ3) is 4.49. The van der Waals surface area contributed by atoms with Crippen LogP contribution in [0.25, 0.3) is 0 Å². The molecule has 3 aliphatic rings. The van der Waals surface area contributed by atoms with Crippen molar-refractivity contribution in [2.45, 2.75) is 45.2 Å². The minimum atomic E-state index is -0.406. The monoisotopic (exact) mass is 404 g/mol. The summed E-state index contributed by atoms with van der Waals surface area (Å²) in [7, 11) is 0. The Balaban J connectivity index is 1.48. The molecule has 3 fully saturated rings. The topological polar surface area (TPSA) is 42.0 Å². The van der Waals surface area contributed by atoms with E-state index in [1.807, 2.05) is 19.1 Å². The van der Waals surface area contributed by atoms with Gasteiger partial charge in [0.05, 0.1) is 25.2 Å². The molecule has 1 saturated carbocycles. The van der Waals surface area contributed by atoms with Crippen LogP contribution in [0.2, 0.25) is 0 Å². The second-order valence-corrected chi connectivity index (χ2v) is 8.78. The fourth-order valence-electron chi connectivity index (χ4n) is 5.58. The Hall–Kier alpha value is -1.50. The van der Waals surface area contributed by atoms with Gasteiger partial charge >= 0.3 is 5.97 Å². The summed E-state index contributed by atoms with van der Waals surface area (Å²) in [5.74, 6) is 0.138. The number of hydrogen-bond donors (Lipinski definition) is 0. The molecule has 2 heterocycles. The van der Waals surface area contributed by atoms with Gasteiger partial charge in [0, 0.05) is 32.2 Å². The van der Waals surface area contributed by atoms with Gasteiger partial charge in [-0.2, -0.15) is 0 Å². The van der Waals surface area contributed by atoms with E-state index in [1.54, 1.807) is 0 Å². The van der Waals surface area contributed by atoms with Gasteiger partial charge in [-0.15, -0.1) is 0 Å². The van der Waals surface area contributed by atoms with Gasteiger partial charge in [0.1, 0.15) is 5.82 Å². The number of esters is 1. The van der Waals surface area contributed by atoms with E-state index >= 15 is 0 Å². The van der Waals surface area contributed by atoms with Crippen LogP contribution in [0.4, 0.5) is 4.39 Å². The lowest BCUT2D eigenvalue weighted by molar-refractivity contribution is -0.170. The van der Waals surface area contributed by atoms with E-state index in [9.17, 15) is 9.18 Å². The lowest BCUT2D eigenvalue weighted by Crippen LogP contribution is -2.58. The molecule has 0 radical (unpaired) electrons. The molecule has 0 unspecified atom stereocenters. The maximum absolute atomic E-state index is 13.2. The molecule has 0 amide bonds. The van der Waals surface area contributed by atoms with Gasteiger partial charge in [-0.05, 0) is 62.8 Å². The smallest absolute Gasteiger partial charge is 0.313 e. The maximum Gasteiger partial charge on any atom is 0.313 e. The van der Waals surface area contributed by atoms with Gasteiger partial charge in [0.2, 0.25) is 0 Å². The van der Waals surface area contributed by atoms with Crippen molar-refractivity contribution in [2.24, 2.45) is 11.3 Å². The van der Waals surface area contributed by atoms with Crippen LogP contribution >= 0.6 is 0 Å². The Morgan fingerprint density at radius 3 is 2.69 bits per heavy atom. The number of carbonyl (C=O) groups excluding carboxylic acids is 1. The number of piperidine rings is 1. The Morgan fingerprint density at radius 2 is 1.97 bits per heavy atom. The lowest BCUT2D eigenvalue weighted by atomic mass is 9.61. The fraction of sp³-hybridized carbons (Fsp3) is 0.696. The van der Waals surface area contributed by atoms with Gasteiger partial charge in [-0.25, -0.2) is 4.39 Å². The van der Waals surface area contributed by atoms with Crippen LogP contribution in [0, 0.1) is 17.2 Å². The molecule has 4 rings (SSSR count). The first-order valence-electron chi connectivity index (χ1n) is 11.1. The minimum Gasteiger partial charge on any atom is -0.466 e. The highest BCUT2D eigenvalue weighted by Crippen LogP contribution is 2.48. The molecule has 6 heteroatoms. The van der Waals surface area contributed by atoms with Gasteiger partial charge in [0.25, 0.3) is 0 Å². The van der Waals surface area contributed by atoms with E-state index in [1.165, 1.54) is 12.1 Å². The zero-order chi connectivity index (χ0) is 20.3. The quantitative estimate of drug-likeness (QED) is 0.706. The van der Waals surface area contributed by atoms with Gasteiger partial charge in [-0.1, -0.05) is 12.1 Å². The van der Waals surface area contributed by atoms with Crippen molar-refractivity contribution >= 4 is 5.97 Å². The summed E-state index contributed by atoms with van der Waals surface area (Å²) in [6.07, 6.45) is 4.02. The van der Waals surface area contributed by atoms with Crippen LogP contribution in [-0.4, -0.2) is 67.8 Å². The summed E-state index contributed by atoms with van der Waals surface area (Å²) in [4.78, 5) is 18.1. The normalized spacial score (nSPS) is 31.2. The predicted octanol–water partition coefficient (Wildman–Crippen LogP) is 3.08. The van der Waals surface area contributed by atoms with Crippen molar-refractivity contribution in [1.82, 2.24) is 9.80 Å². The van der Waals surface area contributed by atoms with Gasteiger partial charge < -0.3 is 9.47 Å². The Morgan fingerprint density at radius 1 is 1.21 bits per heavy atom. The number of nitrogens with zero attached hydrogens (tertiary/aromatic N) is 2. The first-order valence-corrected chi connectivity index (χ1v) is 11.1. The summed E-state index contributed by atoms with van der Waals surface area (Å²) in [6, 6.07) is 7.25. The third-order valence-electron chi connectivity index (χ3n) is 7.12. The van der Waals surface area contributed by atoms with E-state index in [2.05, 4.69) is 9.80 Å². The minimum absolute atomic E-state index is 0.0192. The van der Waals surface area contributed by atoms with E-state index in [0.29, 0.717) is 18.6 Å². The molecular weight excluding hydrogens is 371 g/mol. The van der Waals surface area contributed by atoms with E-state index in [4.69, 9.17) is 9.47 Å². The second kappa shape index (κ2) is 9.11. The zero-order valence-electron chi connectivity index (χ0n) is 17.4. The number of halogens is 1. The number of carbonyl (C=O) groups is 1. The summed E-state index contributed by atoms with van der Waals surface area (Å²) in [5, 5.41) is 0. The Kier molecular flexibility index (Phi) is 6.52. The van der Waals surface area contributed by atoms with Gasteiger partial charge in [0.15, 0.2) is 0 Å². The molecule has 2 saturated heterocycles. The van der Waals surface area contributed by atoms with Crippen LogP contribution in [0.3, 0.4) is 0 Å². The molecule has 0 aromatic heterocycles. The predicted molar refractivity (Wildman–Crippen MR) is 109 cm³/mol. The van der Waals surface area contributed by atoms with Crippen molar-refractivity contribution in [3.63, 3.8) is 0 Å². The number of ether oxygens (including phenoxy) is 2. The van der Waals surface area contributed by atoms with Gasteiger partial charge in [-0.3, -0.25) is 14.6 Å². The molecule has 3 atom stereocenters. The first-order chi connectivity index (χ1) is 14.1. The molecule has 29 heavy (non-hydrogen) atoms. The number of morpholine rings is 1. The van der Waals surface area contributed by atoms with Crippen LogP contribution < -0.4 is 0 Å². The average molecular weight is 405 g/mol. The van der Waals surface area contributed by atoms with Crippen molar-refractivity contribution in [3.05, 3.63) is 35.6 Å². The summed E-state index contributed by atoms with van der Waals surface area (Å²) in [6.45, 7) is 8.41.